The van der Waals surface area contributed by atoms with Gasteiger partial charge in [0, 0.05) is 0 Å². The fourth-order valence-electron chi connectivity index (χ4n) is 1.55. The molecule has 0 amide bonds. The summed E-state index contributed by atoms with van der Waals surface area (Å²) in [5, 5.41) is 8.79. The van der Waals surface area contributed by atoms with E-state index in [-0.39, 0.29) is 24.4 Å². The number of hydrogen-bond donors (Lipinski definition) is 1. The van der Waals surface area contributed by atoms with Crippen molar-refractivity contribution in [2.24, 2.45) is 5.41 Å². The fourth-order valence-corrected chi connectivity index (χ4v) is 1.55. The van der Waals surface area contributed by atoms with Crippen molar-refractivity contribution in [2.45, 2.75) is 26.4 Å². The van der Waals surface area contributed by atoms with Crippen molar-refractivity contribution in [1.29, 1.82) is 0 Å². The van der Waals surface area contributed by atoms with Crippen LogP contribution in [0.2, 0.25) is 0 Å². The highest BCUT2D eigenvalue weighted by Crippen LogP contribution is 2.37. The van der Waals surface area contributed by atoms with Gasteiger partial charge < -0.3 is 9.84 Å². The summed E-state index contributed by atoms with van der Waals surface area (Å²) >= 11 is 0. The van der Waals surface area contributed by atoms with E-state index in [9.17, 15) is 4.79 Å². The summed E-state index contributed by atoms with van der Waals surface area (Å²) in [5.41, 5.74) is -0.750. The minimum Gasteiger partial charge on any atom is -0.394 e. The zero-order valence-electron chi connectivity index (χ0n) is 9.49. The zero-order valence-corrected chi connectivity index (χ0v) is 9.49. The maximum atomic E-state index is 11.1. The molecule has 1 N–H and O–H groups in total. The number of rotatable bonds is 3. The summed E-state index contributed by atoms with van der Waals surface area (Å²) < 4.78 is 5.66. The number of allylic oxidation sites excluding steroid dienone is 2. The van der Waals surface area contributed by atoms with Crippen molar-refractivity contribution in [3.05, 3.63) is 24.3 Å². The smallest absolute Gasteiger partial charge is 0.178 e. The number of carbonyl (C=O) groups is 1. The second-order valence-corrected chi connectivity index (χ2v) is 4.68. The Kier molecular flexibility index (Phi) is 3.47. The van der Waals surface area contributed by atoms with Crippen molar-refractivity contribution in [3.63, 3.8) is 0 Å². The van der Waals surface area contributed by atoms with Crippen LogP contribution < -0.4 is 0 Å². The van der Waals surface area contributed by atoms with Crippen LogP contribution in [-0.4, -0.2) is 29.7 Å². The molecule has 0 fully saturated rings. The Labute approximate surface area is 90.4 Å². The van der Waals surface area contributed by atoms with Gasteiger partial charge in [-0.25, -0.2) is 0 Å². The number of carbonyl (C=O) groups excluding carboxylic acids is 1. The fraction of sp³-hybridized carbons (Fsp3) is 0.583. The third-order valence-electron chi connectivity index (χ3n) is 2.59. The van der Waals surface area contributed by atoms with Crippen LogP contribution >= 0.6 is 0 Å². The van der Waals surface area contributed by atoms with E-state index in [1.165, 1.54) is 12.2 Å². The summed E-state index contributed by atoms with van der Waals surface area (Å²) in [6.07, 6.45) is 6.57. The van der Waals surface area contributed by atoms with Crippen LogP contribution in [0.15, 0.2) is 24.3 Å². The van der Waals surface area contributed by atoms with Crippen molar-refractivity contribution in [1.82, 2.24) is 0 Å². The molecule has 0 radical (unpaired) electrons. The molecule has 0 saturated heterocycles. The third-order valence-corrected chi connectivity index (χ3v) is 2.59. The van der Waals surface area contributed by atoms with E-state index >= 15 is 0 Å². The molecule has 0 atom stereocenters. The van der Waals surface area contributed by atoms with Crippen molar-refractivity contribution < 1.29 is 14.6 Å². The van der Waals surface area contributed by atoms with Crippen LogP contribution in [0, 0.1) is 5.41 Å². The van der Waals surface area contributed by atoms with Gasteiger partial charge in [0.25, 0.3) is 0 Å². The Hall–Kier alpha value is -0.930. The van der Waals surface area contributed by atoms with Gasteiger partial charge in [-0.1, -0.05) is 20.8 Å². The van der Waals surface area contributed by atoms with Gasteiger partial charge in [-0.15, -0.1) is 0 Å². The summed E-state index contributed by atoms with van der Waals surface area (Å²) in [6.45, 7) is 6.35. The van der Waals surface area contributed by atoms with Crippen molar-refractivity contribution >= 4 is 5.78 Å². The molecule has 1 rings (SSSR count). The van der Waals surface area contributed by atoms with Gasteiger partial charge in [0.1, 0.15) is 5.60 Å². The molecule has 0 saturated carbocycles. The van der Waals surface area contributed by atoms with Crippen LogP contribution in [0.1, 0.15) is 20.8 Å². The van der Waals surface area contributed by atoms with E-state index in [2.05, 4.69) is 0 Å². The van der Waals surface area contributed by atoms with Crippen LogP contribution in [0.25, 0.3) is 0 Å². The Morgan fingerprint density at radius 3 is 2.27 bits per heavy atom. The largest absolute Gasteiger partial charge is 0.394 e. The minimum absolute atomic E-state index is 0.0204. The maximum absolute atomic E-state index is 11.1. The van der Waals surface area contributed by atoms with Gasteiger partial charge in [0.15, 0.2) is 5.78 Å². The van der Waals surface area contributed by atoms with Gasteiger partial charge in [-0.3, -0.25) is 4.79 Å². The first-order valence-electron chi connectivity index (χ1n) is 5.08. The highest BCUT2D eigenvalue weighted by molar-refractivity contribution is 6.00. The monoisotopic (exact) mass is 210 g/mol. The summed E-state index contributed by atoms with van der Waals surface area (Å²) in [7, 11) is 0. The first kappa shape index (κ1) is 12.1. The van der Waals surface area contributed by atoms with E-state index < -0.39 is 5.60 Å². The van der Waals surface area contributed by atoms with Crippen molar-refractivity contribution in [3.8, 4) is 0 Å². The van der Waals surface area contributed by atoms with E-state index in [4.69, 9.17) is 9.84 Å². The van der Waals surface area contributed by atoms with Gasteiger partial charge in [0.05, 0.1) is 13.2 Å². The number of hydrogen-bond acceptors (Lipinski definition) is 3. The van der Waals surface area contributed by atoms with Crippen molar-refractivity contribution in [2.75, 3.05) is 13.2 Å². The van der Waals surface area contributed by atoms with Crippen LogP contribution in [0.3, 0.4) is 0 Å². The minimum atomic E-state index is -0.594. The molecule has 15 heavy (non-hydrogen) atoms. The van der Waals surface area contributed by atoms with Crippen LogP contribution in [-0.2, 0) is 9.53 Å². The maximum Gasteiger partial charge on any atom is 0.178 e. The van der Waals surface area contributed by atoms with Gasteiger partial charge in [-0.2, -0.15) is 0 Å². The molecular formula is C12H18O3. The lowest BCUT2D eigenvalue weighted by atomic mass is 9.74. The number of aliphatic hydroxyl groups is 1. The van der Waals surface area contributed by atoms with E-state index in [0.29, 0.717) is 0 Å². The molecule has 1 aliphatic carbocycles. The normalized spacial score (nSPS) is 19.6. The number of aliphatic hydroxyl groups excluding tert-OH is 1. The predicted octanol–water partition coefficient (Wildman–Crippen LogP) is 1.48. The topological polar surface area (TPSA) is 46.5 Å². The second kappa shape index (κ2) is 4.29. The lowest BCUT2D eigenvalue weighted by molar-refractivity contribution is -0.111. The molecule has 84 valence electrons. The first-order chi connectivity index (χ1) is 6.91. The Balaban J connectivity index is 2.93. The van der Waals surface area contributed by atoms with Gasteiger partial charge in [-0.05, 0) is 29.7 Å². The third kappa shape index (κ3) is 2.55. The van der Waals surface area contributed by atoms with Gasteiger partial charge >= 0.3 is 0 Å². The molecule has 0 unspecified atom stereocenters. The molecular weight excluding hydrogens is 192 g/mol. The lowest BCUT2D eigenvalue weighted by Crippen LogP contribution is -2.43. The molecule has 0 bridgehead atoms. The van der Waals surface area contributed by atoms with Crippen LogP contribution in [0.5, 0.6) is 0 Å². The number of ether oxygens (including phenoxy) is 1. The summed E-state index contributed by atoms with van der Waals surface area (Å²) in [5.74, 6) is -0.0255. The zero-order chi connectivity index (χ0) is 11.5. The Bertz CT molecular complexity index is 278. The average Bonchev–Trinajstić information content (AvgIpc) is 2.16. The molecule has 1 aliphatic rings. The molecule has 0 aromatic heterocycles. The molecule has 0 heterocycles. The van der Waals surface area contributed by atoms with Crippen LogP contribution in [0.4, 0.5) is 0 Å². The number of ketones is 1. The lowest BCUT2D eigenvalue weighted by Gasteiger charge is -2.41. The quantitative estimate of drug-likeness (QED) is 0.767. The summed E-state index contributed by atoms with van der Waals surface area (Å²) in [6, 6.07) is 0. The Morgan fingerprint density at radius 2 is 1.87 bits per heavy atom. The van der Waals surface area contributed by atoms with E-state index in [0.717, 1.165) is 0 Å². The van der Waals surface area contributed by atoms with E-state index in [1.807, 2.05) is 20.8 Å². The predicted molar refractivity (Wildman–Crippen MR) is 58.5 cm³/mol. The summed E-state index contributed by atoms with van der Waals surface area (Å²) in [4.78, 5) is 11.1. The molecule has 0 aromatic rings. The molecule has 0 spiro atoms. The standard InChI is InChI=1S/C12H18O3/c1-11(2,3)12(15-9-8-13)6-4-10(14)5-7-12/h4-7,13H,8-9H2,1-3H3. The Morgan fingerprint density at radius 1 is 1.33 bits per heavy atom. The highest BCUT2D eigenvalue weighted by Gasteiger charge is 2.39. The molecule has 3 heteroatoms. The molecule has 0 aliphatic heterocycles. The molecule has 0 aromatic carbocycles. The van der Waals surface area contributed by atoms with E-state index in [1.54, 1.807) is 12.2 Å². The molecule has 3 nitrogen and oxygen atoms in total. The van der Waals surface area contributed by atoms with Gasteiger partial charge in [0.2, 0.25) is 0 Å². The SMILES string of the molecule is CC(C)(C)C1(OCCO)C=CC(=O)C=C1. The first-order valence-corrected chi connectivity index (χ1v) is 5.08. The highest BCUT2D eigenvalue weighted by atomic mass is 16.5. The second-order valence-electron chi connectivity index (χ2n) is 4.68. The average molecular weight is 210 g/mol.